The van der Waals surface area contributed by atoms with Crippen LogP contribution >= 0.6 is 23.2 Å². The van der Waals surface area contributed by atoms with E-state index >= 15 is 0 Å². The molecule has 4 N–H and O–H groups in total. The van der Waals surface area contributed by atoms with Gasteiger partial charge in [0, 0.05) is 35.9 Å². The molecule has 0 fully saturated rings. The molecular weight excluding hydrogens is 433 g/mol. The van der Waals surface area contributed by atoms with Crippen molar-refractivity contribution in [2.75, 3.05) is 29.5 Å². The summed E-state index contributed by atoms with van der Waals surface area (Å²) in [6.45, 7) is 1.25. The quantitative estimate of drug-likeness (QED) is 0.339. The fourth-order valence-corrected chi connectivity index (χ4v) is 3.36. The van der Waals surface area contributed by atoms with Gasteiger partial charge in [-0.1, -0.05) is 29.3 Å². The average Bonchev–Trinajstić information content (AvgIpc) is 2.78. The highest BCUT2D eigenvalue weighted by atomic mass is 35.5. The maximum absolute atomic E-state index is 6.39. The number of halogens is 2. The van der Waals surface area contributed by atoms with E-state index in [9.17, 15) is 0 Å². The molecule has 0 spiro atoms. The van der Waals surface area contributed by atoms with Crippen LogP contribution in [0.1, 0.15) is 0 Å². The molecule has 0 aliphatic carbocycles. The molecular formula is C22H19Cl2N7. The minimum atomic E-state index is 0.479. The second-order valence-corrected chi connectivity index (χ2v) is 7.48. The van der Waals surface area contributed by atoms with Gasteiger partial charge in [0.15, 0.2) is 5.82 Å². The number of nitrogens with one attached hydrogen (secondary N) is 2. The number of hydrogen-bond acceptors (Lipinski definition) is 7. The lowest BCUT2D eigenvalue weighted by Crippen LogP contribution is -2.15. The van der Waals surface area contributed by atoms with Crippen molar-refractivity contribution in [3.8, 4) is 22.8 Å². The van der Waals surface area contributed by atoms with Crippen LogP contribution in [0, 0.1) is 0 Å². The molecule has 0 saturated carbocycles. The van der Waals surface area contributed by atoms with E-state index in [4.69, 9.17) is 28.9 Å². The van der Waals surface area contributed by atoms with Crippen LogP contribution in [0.3, 0.4) is 0 Å². The molecule has 4 aromatic rings. The van der Waals surface area contributed by atoms with Crippen molar-refractivity contribution in [2.45, 2.75) is 0 Å². The highest BCUT2D eigenvalue weighted by Crippen LogP contribution is 2.30. The van der Waals surface area contributed by atoms with Gasteiger partial charge in [-0.05, 0) is 42.5 Å². The summed E-state index contributed by atoms with van der Waals surface area (Å²) < 4.78 is 0. The maximum atomic E-state index is 6.39. The Morgan fingerprint density at radius 2 is 1.65 bits per heavy atom. The number of nitrogens with zero attached hydrogens (tertiary/aromatic N) is 4. The van der Waals surface area contributed by atoms with Crippen LogP contribution in [-0.2, 0) is 0 Å². The summed E-state index contributed by atoms with van der Waals surface area (Å²) in [7, 11) is 0. The minimum absolute atomic E-state index is 0.479. The number of pyridine rings is 2. The van der Waals surface area contributed by atoms with Gasteiger partial charge >= 0.3 is 0 Å². The molecule has 156 valence electrons. The van der Waals surface area contributed by atoms with E-state index in [1.165, 1.54) is 0 Å². The molecule has 0 radical (unpaired) electrons. The van der Waals surface area contributed by atoms with E-state index in [1.807, 2.05) is 30.3 Å². The lowest BCUT2D eigenvalue weighted by Gasteiger charge is -2.12. The van der Waals surface area contributed by atoms with E-state index in [-0.39, 0.29) is 0 Å². The van der Waals surface area contributed by atoms with E-state index in [0.29, 0.717) is 51.7 Å². The number of aromatic nitrogens is 4. The molecule has 0 atom stereocenters. The van der Waals surface area contributed by atoms with Gasteiger partial charge in [-0.2, -0.15) is 0 Å². The number of rotatable bonds is 7. The van der Waals surface area contributed by atoms with Crippen molar-refractivity contribution in [2.24, 2.45) is 0 Å². The summed E-state index contributed by atoms with van der Waals surface area (Å²) in [4.78, 5) is 17.9. The molecule has 0 saturated heterocycles. The van der Waals surface area contributed by atoms with Crippen LogP contribution in [-0.4, -0.2) is 33.0 Å². The molecule has 1 aromatic carbocycles. The predicted octanol–water partition coefficient (Wildman–Crippen LogP) is 5.01. The zero-order chi connectivity index (χ0) is 21.6. The molecule has 9 heteroatoms. The first-order valence-corrected chi connectivity index (χ1v) is 10.3. The van der Waals surface area contributed by atoms with Gasteiger partial charge in [-0.25, -0.2) is 15.0 Å². The molecule has 0 aliphatic heterocycles. The van der Waals surface area contributed by atoms with Crippen LogP contribution in [0.2, 0.25) is 10.0 Å². The average molecular weight is 452 g/mol. The number of nitrogens with two attached hydrogens (primary N) is 1. The van der Waals surface area contributed by atoms with E-state index in [0.717, 1.165) is 11.5 Å². The van der Waals surface area contributed by atoms with Gasteiger partial charge in [0.2, 0.25) is 0 Å². The van der Waals surface area contributed by atoms with Crippen LogP contribution in [0.5, 0.6) is 0 Å². The SMILES string of the molecule is Nc1ccc(NCCNc2cc(-c3ccccn3)nc(-c3ccc(Cl)cc3Cl)n2)nc1. The van der Waals surface area contributed by atoms with Crippen molar-refractivity contribution >= 4 is 40.5 Å². The van der Waals surface area contributed by atoms with Crippen molar-refractivity contribution in [1.82, 2.24) is 19.9 Å². The Morgan fingerprint density at radius 1 is 0.806 bits per heavy atom. The van der Waals surface area contributed by atoms with Crippen molar-refractivity contribution in [1.29, 1.82) is 0 Å². The topological polar surface area (TPSA) is 102 Å². The second-order valence-electron chi connectivity index (χ2n) is 6.63. The summed E-state index contributed by atoms with van der Waals surface area (Å²) in [5, 5.41) is 7.57. The third-order valence-corrected chi connectivity index (χ3v) is 4.90. The van der Waals surface area contributed by atoms with Crippen LogP contribution in [0.25, 0.3) is 22.8 Å². The van der Waals surface area contributed by atoms with Gasteiger partial charge in [0.05, 0.1) is 28.3 Å². The van der Waals surface area contributed by atoms with Crippen LogP contribution < -0.4 is 16.4 Å². The van der Waals surface area contributed by atoms with Gasteiger partial charge in [0.1, 0.15) is 11.6 Å². The summed E-state index contributed by atoms with van der Waals surface area (Å²) in [6.07, 6.45) is 3.34. The summed E-state index contributed by atoms with van der Waals surface area (Å²) in [5.41, 5.74) is 8.40. The summed E-state index contributed by atoms with van der Waals surface area (Å²) in [5.74, 6) is 1.89. The van der Waals surface area contributed by atoms with E-state index in [1.54, 1.807) is 36.7 Å². The predicted molar refractivity (Wildman–Crippen MR) is 126 cm³/mol. The molecule has 0 amide bonds. The molecule has 4 rings (SSSR count). The van der Waals surface area contributed by atoms with Crippen molar-refractivity contribution in [3.05, 3.63) is 77.0 Å². The third-order valence-electron chi connectivity index (χ3n) is 4.35. The minimum Gasteiger partial charge on any atom is -0.397 e. The highest BCUT2D eigenvalue weighted by molar-refractivity contribution is 6.36. The van der Waals surface area contributed by atoms with Gasteiger partial charge < -0.3 is 16.4 Å². The molecule has 3 heterocycles. The third kappa shape index (κ3) is 5.39. The van der Waals surface area contributed by atoms with E-state index < -0.39 is 0 Å². The molecule has 0 bridgehead atoms. The fraction of sp³-hybridized carbons (Fsp3) is 0.0909. The van der Waals surface area contributed by atoms with E-state index in [2.05, 4.69) is 30.6 Å². The number of benzene rings is 1. The molecule has 31 heavy (non-hydrogen) atoms. The van der Waals surface area contributed by atoms with Crippen molar-refractivity contribution < 1.29 is 0 Å². The van der Waals surface area contributed by atoms with Gasteiger partial charge in [-0.3, -0.25) is 4.98 Å². The summed E-state index contributed by atoms with van der Waals surface area (Å²) in [6, 6.07) is 16.4. The maximum Gasteiger partial charge on any atom is 0.163 e. The zero-order valence-corrected chi connectivity index (χ0v) is 17.9. The Hall–Kier alpha value is -3.42. The monoisotopic (exact) mass is 451 g/mol. The Labute approximate surface area is 189 Å². The largest absolute Gasteiger partial charge is 0.397 e. The lowest BCUT2D eigenvalue weighted by atomic mass is 10.2. The van der Waals surface area contributed by atoms with Crippen LogP contribution in [0.15, 0.2) is 67.0 Å². The smallest absolute Gasteiger partial charge is 0.163 e. The molecule has 0 aliphatic rings. The lowest BCUT2D eigenvalue weighted by molar-refractivity contribution is 1.04. The normalized spacial score (nSPS) is 10.6. The molecule has 3 aromatic heterocycles. The first-order chi connectivity index (χ1) is 15.1. The Morgan fingerprint density at radius 3 is 2.35 bits per heavy atom. The Bertz CT molecular complexity index is 1170. The first-order valence-electron chi connectivity index (χ1n) is 9.54. The van der Waals surface area contributed by atoms with Crippen LogP contribution in [0.4, 0.5) is 17.3 Å². The zero-order valence-electron chi connectivity index (χ0n) is 16.4. The molecule has 0 unspecified atom stereocenters. The van der Waals surface area contributed by atoms with Gasteiger partial charge in [-0.15, -0.1) is 0 Å². The standard InChI is InChI=1S/C22H19Cl2N7/c23-14-4-6-16(17(24)11-14)22-30-19(18-3-1-2-8-26-18)12-21(31-22)28-10-9-27-20-7-5-15(25)13-29-20/h1-8,11-13H,9-10,25H2,(H,27,29)(H,28,30,31). The van der Waals surface area contributed by atoms with Crippen molar-refractivity contribution in [3.63, 3.8) is 0 Å². The number of hydrogen-bond donors (Lipinski definition) is 3. The second kappa shape index (κ2) is 9.59. The fourth-order valence-electron chi connectivity index (χ4n) is 2.87. The Kier molecular flexibility index (Phi) is 6.45. The first kappa shape index (κ1) is 20.8. The Balaban J connectivity index is 1.56. The molecule has 7 nitrogen and oxygen atoms in total. The number of anilines is 3. The summed E-state index contributed by atoms with van der Waals surface area (Å²) >= 11 is 12.4. The number of nitrogen functional groups attached to an aromatic ring is 1. The highest BCUT2D eigenvalue weighted by Gasteiger charge is 2.12. The van der Waals surface area contributed by atoms with Gasteiger partial charge in [0.25, 0.3) is 0 Å².